The number of fused-ring (bicyclic) bond motifs is 3. The number of ether oxygens (including phenoxy) is 1. The Morgan fingerprint density at radius 2 is 1.62 bits per heavy atom. The number of hydrogen-bond acceptors (Lipinski definition) is 4. The quantitative estimate of drug-likeness (QED) is 0.432. The van der Waals surface area contributed by atoms with Crippen molar-refractivity contribution in [1.29, 1.82) is 0 Å². The molecule has 1 unspecified atom stereocenters. The largest absolute Gasteiger partial charge is 0.393 e. The molecule has 182 valence electrons. The van der Waals surface area contributed by atoms with Crippen molar-refractivity contribution in [3.63, 3.8) is 0 Å². The lowest BCUT2D eigenvalue weighted by atomic mass is 9.42. The van der Waals surface area contributed by atoms with E-state index in [1.165, 1.54) is 12.8 Å². The minimum absolute atomic E-state index is 0.218. The van der Waals surface area contributed by atoms with Gasteiger partial charge in [0.15, 0.2) is 0 Å². The van der Waals surface area contributed by atoms with Gasteiger partial charge >= 0.3 is 0 Å². The molecule has 4 nitrogen and oxygen atoms in total. The van der Waals surface area contributed by atoms with E-state index < -0.39 is 23.2 Å². The van der Waals surface area contributed by atoms with Crippen molar-refractivity contribution in [3.05, 3.63) is 12.2 Å². The molecule has 4 aliphatic carbocycles. The topological polar surface area (TPSA) is 73.2 Å². The number of allylic oxidation sites excluding steroid dienone is 2. The highest BCUT2D eigenvalue weighted by molar-refractivity contribution is 5.32. The Labute approximate surface area is 194 Å². The van der Waals surface area contributed by atoms with Gasteiger partial charge in [0.25, 0.3) is 0 Å². The van der Waals surface area contributed by atoms with Gasteiger partial charge in [-0.2, -0.15) is 0 Å². The average Bonchev–Trinajstić information content (AvgIpc) is 3.34. The summed E-state index contributed by atoms with van der Waals surface area (Å²) in [5.74, 6) is 3.16. The molecule has 0 aromatic carbocycles. The predicted molar refractivity (Wildman–Crippen MR) is 126 cm³/mol. The second-order valence-electron chi connectivity index (χ2n) is 13.3. The zero-order valence-electron chi connectivity index (χ0n) is 21.1. The van der Waals surface area contributed by atoms with Gasteiger partial charge in [-0.05, 0) is 79.4 Å². The van der Waals surface area contributed by atoms with Crippen LogP contribution in [-0.2, 0) is 4.74 Å². The minimum atomic E-state index is -1.24. The summed E-state index contributed by atoms with van der Waals surface area (Å²) in [6.07, 6.45) is 9.56. The Kier molecular flexibility index (Phi) is 5.31. The number of aliphatic hydroxyl groups is 3. The van der Waals surface area contributed by atoms with E-state index in [1.807, 2.05) is 0 Å². The first-order valence-electron chi connectivity index (χ1n) is 13.4. The molecule has 0 aromatic rings. The van der Waals surface area contributed by atoms with E-state index in [2.05, 4.69) is 53.7 Å². The third kappa shape index (κ3) is 2.82. The van der Waals surface area contributed by atoms with Crippen LogP contribution in [0.5, 0.6) is 0 Å². The molecule has 32 heavy (non-hydrogen) atoms. The summed E-state index contributed by atoms with van der Waals surface area (Å²) in [6.45, 7) is 14.0. The van der Waals surface area contributed by atoms with Crippen molar-refractivity contribution in [1.82, 2.24) is 0 Å². The number of hydrogen-bond donors (Lipinski definition) is 3. The standard InChI is InChI=1S/C28H46O4/c1-16(2)17(3)7-8-18(4)20-9-10-21-25(20,5)13-12-22-26(6)14-11-19(29)15-27(26,31)23(30)24-28(21,22)32-24/h7-8,16-24,29-31H,9-15H2,1-6H3/b8-7+/t17?,18-,19+,20-,21-,22-,23+,24-,25-,26-,27+,28+/m1/s1. The second-order valence-corrected chi connectivity index (χ2v) is 13.3. The molecule has 0 aromatic heterocycles. The lowest BCUT2D eigenvalue weighted by Gasteiger charge is -2.63. The summed E-state index contributed by atoms with van der Waals surface area (Å²) >= 11 is 0. The molecule has 5 aliphatic rings. The monoisotopic (exact) mass is 446 g/mol. The van der Waals surface area contributed by atoms with Crippen LogP contribution in [0.3, 0.4) is 0 Å². The van der Waals surface area contributed by atoms with E-state index in [9.17, 15) is 15.3 Å². The predicted octanol–water partition coefficient (Wildman–Crippen LogP) is 4.71. The smallest absolute Gasteiger partial charge is 0.117 e. The van der Waals surface area contributed by atoms with E-state index >= 15 is 0 Å². The maximum atomic E-state index is 11.7. The normalized spacial score (nSPS) is 56.3. The van der Waals surface area contributed by atoms with E-state index in [1.54, 1.807) is 0 Å². The molecule has 1 aliphatic heterocycles. The molecular formula is C28H46O4. The Morgan fingerprint density at radius 3 is 2.31 bits per heavy atom. The fourth-order valence-corrected chi connectivity index (χ4v) is 9.30. The van der Waals surface area contributed by atoms with Crippen LogP contribution in [-0.4, -0.2) is 44.8 Å². The SMILES string of the molecule is CC(C)C(C)/C=C/[C@@H](C)[C@H]1CC[C@@H]2[C@]1(C)CC[C@H]1[C@@]23O[C@@H]3[C@H](O)[C@@]2(O)C[C@@H](O)CC[C@]12C. The van der Waals surface area contributed by atoms with Crippen LogP contribution in [0.4, 0.5) is 0 Å². The third-order valence-electron chi connectivity index (χ3n) is 11.7. The maximum absolute atomic E-state index is 11.7. The van der Waals surface area contributed by atoms with Crippen molar-refractivity contribution >= 4 is 0 Å². The van der Waals surface area contributed by atoms with E-state index in [-0.39, 0.29) is 29.5 Å². The van der Waals surface area contributed by atoms with Crippen LogP contribution in [0.1, 0.15) is 86.5 Å². The van der Waals surface area contributed by atoms with Crippen LogP contribution in [0.25, 0.3) is 0 Å². The highest BCUT2D eigenvalue weighted by Gasteiger charge is 2.84. The molecule has 1 heterocycles. The summed E-state index contributed by atoms with van der Waals surface area (Å²) in [7, 11) is 0. The zero-order valence-corrected chi connectivity index (χ0v) is 21.1. The van der Waals surface area contributed by atoms with Gasteiger partial charge in [-0.25, -0.2) is 0 Å². The lowest BCUT2D eigenvalue weighted by molar-refractivity contribution is -0.246. The number of rotatable bonds is 4. The first-order valence-corrected chi connectivity index (χ1v) is 13.4. The van der Waals surface area contributed by atoms with Crippen molar-refractivity contribution in [2.75, 3.05) is 0 Å². The Hall–Kier alpha value is -0.420. The molecule has 0 amide bonds. The molecule has 4 heteroatoms. The molecule has 12 atom stereocenters. The minimum Gasteiger partial charge on any atom is -0.393 e. The van der Waals surface area contributed by atoms with Gasteiger partial charge in [0, 0.05) is 11.8 Å². The van der Waals surface area contributed by atoms with Crippen molar-refractivity contribution in [2.45, 2.75) is 116 Å². The van der Waals surface area contributed by atoms with E-state index in [0.29, 0.717) is 36.0 Å². The highest BCUT2D eigenvalue weighted by atomic mass is 16.6. The summed E-state index contributed by atoms with van der Waals surface area (Å²) in [6, 6.07) is 0. The lowest BCUT2D eigenvalue weighted by Crippen LogP contribution is -2.72. The molecule has 0 radical (unpaired) electrons. The molecule has 1 saturated heterocycles. The molecular weight excluding hydrogens is 400 g/mol. The van der Waals surface area contributed by atoms with Crippen LogP contribution in [0.15, 0.2) is 12.2 Å². The first-order chi connectivity index (χ1) is 14.9. The summed E-state index contributed by atoms with van der Waals surface area (Å²) in [4.78, 5) is 0. The Bertz CT molecular complexity index is 779. The van der Waals surface area contributed by atoms with Gasteiger partial charge in [0.1, 0.15) is 23.4 Å². The summed E-state index contributed by atoms with van der Waals surface area (Å²) in [5, 5.41) is 33.4. The van der Waals surface area contributed by atoms with Gasteiger partial charge in [-0.15, -0.1) is 0 Å². The summed E-state index contributed by atoms with van der Waals surface area (Å²) in [5.41, 5.74) is -1.69. The fraction of sp³-hybridized carbons (Fsp3) is 0.929. The first kappa shape index (κ1) is 23.3. The van der Waals surface area contributed by atoms with Gasteiger partial charge in [0.2, 0.25) is 0 Å². The molecule has 0 bridgehead atoms. The molecule has 4 saturated carbocycles. The van der Waals surface area contributed by atoms with Crippen LogP contribution in [0, 0.1) is 46.3 Å². The molecule has 1 spiro atoms. The molecule has 5 rings (SSSR count). The van der Waals surface area contributed by atoms with Gasteiger partial charge in [0.05, 0.1) is 6.10 Å². The van der Waals surface area contributed by atoms with Crippen molar-refractivity contribution < 1.29 is 20.1 Å². The fourth-order valence-electron chi connectivity index (χ4n) is 9.30. The number of aliphatic hydroxyl groups excluding tert-OH is 2. The van der Waals surface area contributed by atoms with E-state index in [4.69, 9.17) is 4.74 Å². The Morgan fingerprint density at radius 1 is 0.906 bits per heavy atom. The zero-order chi connectivity index (χ0) is 23.3. The van der Waals surface area contributed by atoms with Gasteiger partial charge in [-0.1, -0.05) is 53.7 Å². The van der Waals surface area contributed by atoms with Crippen LogP contribution in [0.2, 0.25) is 0 Å². The van der Waals surface area contributed by atoms with Crippen molar-refractivity contribution in [3.8, 4) is 0 Å². The second kappa shape index (κ2) is 7.29. The van der Waals surface area contributed by atoms with Gasteiger partial charge < -0.3 is 20.1 Å². The number of epoxide rings is 1. The highest BCUT2D eigenvalue weighted by Crippen LogP contribution is 2.76. The average molecular weight is 447 g/mol. The maximum Gasteiger partial charge on any atom is 0.117 e. The third-order valence-corrected chi connectivity index (χ3v) is 11.7. The van der Waals surface area contributed by atoms with Crippen LogP contribution >= 0.6 is 0 Å². The molecule has 3 N–H and O–H groups in total. The molecule has 5 fully saturated rings. The van der Waals surface area contributed by atoms with Crippen LogP contribution < -0.4 is 0 Å². The Balaban J connectivity index is 1.44. The van der Waals surface area contributed by atoms with Gasteiger partial charge in [-0.3, -0.25) is 0 Å². The van der Waals surface area contributed by atoms with Crippen molar-refractivity contribution in [2.24, 2.45) is 46.3 Å². The summed E-state index contributed by atoms with van der Waals surface area (Å²) < 4.78 is 6.57. The van der Waals surface area contributed by atoms with E-state index in [0.717, 1.165) is 19.3 Å².